The topological polar surface area (TPSA) is 30.4 Å². The number of hydrogen-bond donors (Lipinski definition) is 0. The second-order valence-corrected chi connectivity index (χ2v) is 5.18. The van der Waals surface area contributed by atoms with Crippen molar-refractivity contribution >= 4 is 22.3 Å². The molecule has 3 nitrogen and oxygen atoms in total. The predicted octanol–water partition coefficient (Wildman–Crippen LogP) is 3.37. The largest absolute Gasteiger partial charge is 0.458 e. The number of benzene rings is 1. The van der Waals surface area contributed by atoms with Gasteiger partial charge in [-0.2, -0.15) is 4.40 Å². The summed E-state index contributed by atoms with van der Waals surface area (Å²) in [6.07, 6.45) is 1.94. The lowest BCUT2D eigenvalue weighted by Crippen LogP contribution is -2.33. The molecule has 0 spiro atoms. The summed E-state index contributed by atoms with van der Waals surface area (Å²) in [4.78, 5) is 12.3. The standard InChI is InChI=1S/C18H18NO2/c1-4-21-18(20)17-13(3)12(2)11-16-15-8-6-5-7-14(15)9-10-19(16)17/h5-11H,4H2,1-3H3/q+1. The van der Waals surface area contributed by atoms with Crippen molar-refractivity contribution in [3.8, 4) is 0 Å². The first-order chi connectivity index (χ1) is 10.1. The number of carbonyl (C=O) groups is 1. The molecule has 0 aliphatic heterocycles. The molecule has 0 fully saturated rings. The third-order valence-corrected chi connectivity index (χ3v) is 3.91. The summed E-state index contributed by atoms with van der Waals surface area (Å²) in [7, 11) is 0. The summed E-state index contributed by atoms with van der Waals surface area (Å²) in [5.74, 6) is -0.274. The van der Waals surface area contributed by atoms with Gasteiger partial charge in [-0.05, 0) is 37.8 Å². The Morgan fingerprint density at radius 2 is 1.95 bits per heavy atom. The highest BCUT2D eigenvalue weighted by molar-refractivity contribution is 5.95. The van der Waals surface area contributed by atoms with Crippen molar-refractivity contribution in [1.29, 1.82) is 0 Å². The third-order valence-electron chi connectivity index (χ3n) is 3.91. The second kappa shape index (κ2) is 5.17. The van der Waals surface area contributed by atoms with Gasteiger partial charge >= 0.3 is 5.97 Å². The molecule has 0 unspecified atom stereocenters. The lowest BCUT2D eigenvalue weighted by Gasteiger charge is -2.07. The highest BCUT2D eigenvalue weighted by atomic mass is 16.5. The average Bonchev–Trinajstić information content (AvgIpc) is 2.49. The van der Waals surface area contributed by atoms with Crippen LogP contribution in [0.1, 0.15) is 28.5 Å². The van der Waals surface area contributed by atoms with Crippen LogP contribution in [0.15, 0.2) is 42.6 Å². The molecule has 0 saturated heterocycles. The lowest BCUT2D eigenvalue weighted by molar-refractivity contribution is -0.515. The number of rotatable bonds is 2. The molecule has 0 bridgehead atoms. The first-order valence-corrected chi connectivity index (χ1v) is 7.14. The zero-order valence-corrected chi connectivity index (χ0v) is 12.5. The molecule has 3 heteroatoms. The summed E-state index contributed by atoms with van der Waals surface area (Å²) < 4.78 is 7.16. The average molecular weight is 280 g/mol. The van der Waals surface area contributed by atoms with E-state index in [1.54, 1.807) is 0 Å². The Bertz CT molecular complexity index is 853. The van der Waals surface area contributed by atoms with Crippen LogP contribution in [-0.4, -0.2) is 12.6 Å². The van der Waals surface area contributed by atoms with Crippen LogP contribution in [0.5, 0.6) is 0 Å². The van der Waals surface area contributed by atoms with Gasteiger partial charge in [0.05, 0.1) is 12.0 Å². The van der Waals surface area contributed by atoms with Crippen LogP contribution in [0.4, 0.5) is 0 Å². The number of esters is 1. The number of pyridine rings is 2. The normalized spacial score (nSPS) is 11.0. The molecule has 1 aromatic carbocycles. The maximum atomic E-state index is 12.3. The highest BCUT2D eigenvalue weighted by Gasteiger charge is 2.25. The number of ether oxygens (including phenoxy) is 1. The van der Waals surface area contributed by atoms with E-state index < -0.39 is 0 Å². The van der Waals surface area contributed by atoms with Gasteiger partial charge in [0.2, 0.25) is 5.52 Å². The Kier molecular flexibility index (Phi) is 3.34. The molecule has 2 heterocycles. The van der Waals surface area contributed by atoms with E-state index in [1.165, 1.54) is 0 Å². The molecule has 0 aliphatic carbocycles. The SMILES string of the molecule is CCOC(=O)c1c(C)c(C)cc2c3ccccc3cc[n+]12. The van der Waals surface area contributed by atoms with Gasteiger partial charge in [0.25, 0.3) is 5.69 Å². The molecule has 0 saturated carbocycles. The minimum Gasteiger partial charge on any atom is -0.458 e. The molecule has 21 heavy (non-hydrogen) atoms. The number of aryl methyl sites for hydroxylation is 1. The van der Waals surface area contributed by atoms with E-state index in [9.17, 15) is 4.79 Å². The lowest BCUT2D eigenvalue weighted by atomic mass is 10.0. The molecule has 2 aromatic heterocycles. The van der Waals surface area contributed by atoms with Crippen molar-refractivity contribution in [2.24, 2.45) is 0 Å². The van der Waals surface area contributed by atoms with Crippen LogP contribution < -0.4 is 4.40 Å². The summed E-state index contributed by atoms with van der Waals surface area (Å²) in [6.45, 7) is 6.19. The monoisotopic (exact) mass is 280 g/mol. The fourth-order valence-electron chi connectivity index (χ4n) is 2.71. The molecule has 106 valence electrons. The van der Waals surface area contributed by atoms with Gasteiger partial charge in [0.15, 0.2) is 6.20 Å². The zero-order chi connectivity index (χ0) is 15.0. The van der Waals surface area contributed by atoms with Crippen LogP contribution in [0.3, 0.4) is 0 Å². The fraction of sp³-hybridized carbons (Fsp3) is 0.222. The first-order valence-electron chi connectivity index (χ1n) is 7.14. The number of fused-ring (bicyclic) bond motifs is 3. The molecule has 0 radical (unpaired) electrons. The summed E-state index contributed by atoms with van der Waals surface area (Å²) in [5, 5.41) is 2.30. The number of hydrogen-bond acceptors (Lipinski definition) is 2. The van der Waals surface area contributed by atoms with Gasteiger partial charge in [-0.25, -0.2) is 4.79 Å². The molecule has 0 aliphatic rings. The highest BCUT2D eigenvalue weighted by Crippen LogP contribution is 2.21. The Morgan fingerprint density at radius 1 is 1.19 bits per heavy atom. The van der Waals surface area contributed by atoms with Gasteiger partial charge < -0.3 is 4.74 Å². The molecule has 0 N–H and O–H groups in total. The van der Waals surface area contributed by atoms with Crippen molar-refractivity contribution in [2.45, 2.75) is 20.8 Å². The van der Waals surface area contributed by atoms with Gasteiger partial charge in [-0.15, -0.1) is 0 Å². The predicted molar refractivity (Wildman–Crippen MR) is 82.5 cm³/mol. The maximum absolute atomic E-state index is 12.3. The Morgan fingerprint density at radius 3 is 2.71 bits per heavy atom. The molecule has 3 aromatic rings. The number of nitrogens with zero attached hydrogens (tertiary/aromatic N) is 1. The van der Waals surface area contributed by atoms with E-state index in [2.05, 4.69) is 18.2 Å². The van der Waals surface area contributed by atoms with Crippen LogP contribution in [-0.2, 0) is 4.74 Å². The fourth-order valence-corrected chi connectivity index (χ4v) is 2.71. The van der Waals surface area contributed by atoms with Crippen LogP contribution >= 0.6 is 0 Å². The van der Waals surface area contributed by atoms with Crippen LogP contribution in [0.25, 0.3) is 16.3 Å². The van der Waals surface area contributed by atoms with Crippen molar-refractivity contribution in [1.82, 2.24) is 0 Å². The van der Waals surface area contributed by atoms with Gasteiger partial charge in [0, 0.05) is 17.7 Å². The zero-order valence-electron chi connectivity index (χ0n) is 12.5. The van der Waals surface area contributed by atoms with Gasteiger partial charge in [-0.1, -0.05) is 18.2 Å². The van der Waals surface area contributed by atoms with E-state index in [0.717, 1.165) is 27.4 Å². The molecular formula is C18H18NO2+. The van der Waals surface area contributed by atoms with Crippen molar-refractivity contribution in [3.05, 3.63) is 59.4 Å². The first kappa shape index (κ1) is 13.6. The smallest absolute Gasteiger partial charge is 0.404 e. The minimum atomic E-state index is -0.274. The summed E-state index contributed by atoms with van der Waals surface area (Å²) >= 11 is 0. The molecular weight excluding hydrogens is 262 g/mol. The molecule has 3 rings (SSSR count). The van der Waals surface area contributed by atoms with E-state index in [-0.39, 0.29) is 5.97 Å². The number of aromatic nitrogens is 1. The Labute approximate surface area is 123 Å². The Balaban J connectivity index is 2.43. The van der Waals surface area contributed by atoms with E-state index in [1.807, 2.05) is 49.6 Å². The quantitative estimate of drug-likeness (QED) is 0.409. The van der Waals surface area contributed by atoms with Crippen molar-refractivity contribution < 1.29 is 13.9 Å². The maximum Gasteiger partial charge on any atom is 0.404 e. The van der Waals surface area contributed by atoms with Crippen molar-refractivity contribution in [3.63, 3.8) is 0 Å². The summed E-state index contributed by atoms with van der Waals surface area (Å²) in [6, 6.07) is 12.3. The van der Waals surface area contributed by atoms with Gasteiger partial charge in [0.1, 0.15) is 0 Å². The second-order valence-electron chi connectivity index (χ2n) is 5.18. The van der Waals surface area contributed by atoms with E-state index in [4.69, 9.17) is 4.74 Å². The minimum absolute atomic E-state index is 0.274. The summed E-state index contributed by atoms with van der Waals surface area (Å²) in [5.41, 5.74) is 3.69. The van der Waals surface area contributed by atoms with Crippen LogP contribution in [0, 0.1) is 13.8 Å². The van der Waals surface area contributed by atoms with Gasteiger partial charge in [-0.3, -0.25) is 0 Å². The Hall–Kier alpha value is -2.42. The van der Waals surface area contributed by atoms with Crippen molar-refractivity contribution in [2.75, 3.05) is 6.61 Å². The molecule has 0 amide bonds. The molecule has 0 atom stereocenters. The van der Waals surface area contributed by atoms with E-state index in [0.29, 0.717) is 12.3 Å². The van der Waals surface area contributed by atoms with E-state index >= 15 is 0 Å². The third kappa shape index (κ3) is 2.15. The number of carbonyl (C=O) groups excluding carboxylic acids is 1. The van der Waals surface area contributed by atoms with Crippen LogP contribution in [0.2, 0.25) is 0 Å².